The van der Waals surface area contributed by atoms with E-state index >= 15 is 0 Å². The van der Waals surface area contributed by atoms with Crippen LogP contribution in [0.3, 0.4) is 0 Å². The second-order valence-electron chi connectivity index (χ2n) is 4.51. The maximum Gasteiger partial charge on any atom is 0.241 e. The number of ether oxygens (including phenoxy) is 1. The van der Waals surface area contributed by atoms with E-state index in [0.717, 1.165) is 32.6 Å². The number of carbonyl (C=O) groups excluding carboxylic acids is 1. The highest BCUT2D eigenvalue weighted by Gasteiger charge is 2.31. The summed E-state index contributed by atoms with van der Waals surface area (Å²) in [6.07, 6.45) is 1.05. The monoisotopic (exact) mass is 315 g/mol. The molecule has 0 aromatic rings. The highest BCUT2D eigenvalue weighted by molar-refractivity contribution is 5.85. The molecule has 7 heteroatoms. The Morgan fingerprint density at radius 1 is 1.42 bits per heavy atom. The first-order chi connectivity index (χ1) is 8.13. The highest BCUT2D eigenvalue weighted by Crippen LogP contribution is 2.16. The summed E-state index contributed by atoms with van der Waals surface area (Å²) in [5.41, 5.74) is 5.76. The molecular formula is C12H27Cl2N3O2. The van der Waals surface area contributed by atoms with Crippen LogP contribution in [0, 0.1) is 0 Å². The maximum atomic E-state index is 12.0. The molecule has 19 heavy (non-hydrogen) atoms. The van der Waals surface area contributed by atoms with E-state index in [1.54, 1.807) is 7.11 Å². The number of carbonyl (C=O) groups is 1. The van der Waals surface area contributed by atoms with E-state index in [0.29, 0.717) is 12.6 Å². The lowest BCUT2D eigenvalue weighted by atomic mass is 10.2. The van der Waals surface area contributed by atoms with Crippen molar-refractivity contribution >= 4 is 30.7 Å². The van der Waals surface area contributed by atoms with Gasteiger partial charge in [-0.1, -0.05) is 13.8 Å². The molecule has 0 saturated carbocycles. The van der Waals surface area contributed by atoms with E-state index in [2.05, 4.69) is 18.7 Å². The Morgan fingerprint density at radius 3 is 2.47 bits per heavy atom. The van der Waals surface area contributed by atoms with Gasteiger partial charge in [-0.2, -0.15) is 0 Å². The van der Waals surface area contributed by atoms with Crippen molar-refractivity contribution in [3.63, 3.8) is 0 Å². The zero-order valence-corrected chi connectivity index (χ0v) is 13.6. The van der Waals surface area contributed by atoms with E-state index in [1.807, 2.05) is 4.90 Å². The summed E-state index contributed by atoms with van der Waals surface area (Å²) in [5, 5.41) is 0. The van der Waals surface area contributed by atoms with Crippen LogP contribution in [-0.2, 0) is 9.53 Å². The number of amides is 1. The first-order valence-corrected chi connectivity index (χ1v) is 6.41. The smallest absolute Gasteiger partial charge is 0.241 e. The van der Waals surface area contributed by atoms with Crippen molar-refractivity contribution in [1.29, 1.82) is 0 Å². The summed E-state index contributed by atoms with van der Waals surface area (Å²) >= 11 is 0. The summed E-state index contributed by atoms with van der Waals surface area (Å²) in [5.74, 6) is 0.0153. The van der Waals surface area contributed by atoms with Crippen molar-refractivity contribution in [3.8, 4) is 0 Å². The van der Waals surface area contributed by atoms with Gasteiger partial charge in [0.25, 0.3) is 0 Å². The number of hydrogen-bond donors (Lipinski definition) is 1. The van der Waals surface area contributed by atoms with Gasteiger partial charge in [0.05, 0.1) is 6.61 Å². The van der Waals surface area contributed by atoms with Crippen LogP contribution in [0.15, 0.2) is 0 Å². The Kier molecular flexibility index (Phi) is 11.9. The zero-order chi connectivity index (χ0) is 12.8. The van der Waals surface area contributed by atoms with Gasteiger partial charge >= 0.3 is 0 Å². The molecule has 1 aliphatic heterocycles. The lowest BCUT2D eigenvalue weighted by Crippen LogP contribution is -2.46. The molecule has 1 fully saturated rings. The third kappa shape index (κ3) is 5.83. The second kappa shape index (κ2) is 10.7. The number of nitrogens with zero attached hydrogens (tertiary/aromatic N) is 2. The number of likely N-dealkylation sites (N-methyl/N-ethyl adjacent to an activating group) is 1. The van der Waals surface area contributed by atoms with Crippen molar-refractivity contribution in [2.45, 2.75) is 32.4 Å². The van der Waals surface area contributed by atoms with Gasteiger partial charge < -0.3 is 15.4 Å². The summed E-state index contributed by atoms with van der Waals surface area (Å²) in [6.45, 7) is 8.30. The van der Waals surface area contributed by atoms with Crippen LogP contribution in [0.4, 0.5) is 0 Å². The summed E-state index contributed by atoms with van der Waals surface area (Å²) in [6, 6.07) is -0.0286. The van der Waals surface area contributed by atoms with Crippen molar-refractivity contribution in [2.24, 2.45) is 5.73 Å². The standard InChI is InChI=1S/C12H25N3O2.2ClH/c1-4-14(5-2)10-6-7-15(8-10)12(16)11(13)9-17-3;;/h10-11H,4-9,13H2,1-3H3;2*1H. The van der Waals surface area contributed by atoms with E-state index < -0.39 is 6.04 Å². The van der Waals surface area contributed by atoms with E-state index in [-0.39, 0.29) is 30.7 Å². The van der Waals surface area contributed by atoms with E-state index in [9.17, 15) is 4.79 Å². The lowest BCUT2D eigenvalue weighted by Gasteiger charge is -2.26. The van der Waals surface area contributed by atoms with Crippen molar-refractivity contribution in [3.05, 3.63) is 0 Å². The van der Waals surface area contributed by atoms with Crippen LogP contribution >= 0.6 is 24.8 Å². The molecule has 116 valence electrons. The zero-order valence-electron chi connectivity index (χ0n) is 12.0. The number of nitrogens with two attached hydrogens (primary N) is 1. The fraction of sp³-hybridized carbons (Fsp3) is 0.917. The van der Waals surface area contributed by atoms with Gasteiger partial charge in [-0.3, -0.25) is 9.69 Å². The average molecular weight is 316 g/mol. The number of hydrogen-bond acceptors (Lipinski definition) is 4. The van der Waals surface area contributed by atoms with Gasteiger partial charge in [-0.25, -0.2) is 0 Å². The summed E-state index contributed by atoms with van der Waals surface area (Å²) in [7, 11) is 1.57. The molecule has 1 aliphatic rings. The van der Waals surface area contributed by atoms with Crippen molar-refractivity contribution in [1.82, 2.24) is 9.80 Å². The first kappa shape index (κ1) is 21.2. The van der Waals surface area contributed by atoms with Crippen LogP contribution in [0.5, 0.6) is 0 Å². The lowest BCUT2D eigenvalue weighted by molar-refractivity contribution is -0.132. The van der Waals surface area contributed by atoms with Crippen LogP contribution in [0.1, 0.15) is 20.3 Å². The number of rotatable bonds is 6. The SMILES string of the molecule is CCN(CC)C1CCN(C(=O)C(N)COC)C1.Cl.Cl. The Hall–Kier alpha value is -0.0700. The molecule has 2 atom stereocenters. The van der Waals surface area contributed by atoms with Gasteiger partial charge in [-0.15, -0.1) is 24.8 Å². The number of likely N-dealkylation sites (tertiary alicyclic amines) is 1. The van der Waals surface area contributed by atoms with Gasteiger partial charge in [0.2, 0.25) is 5.91 Å². The molecule has 1 rings (SSSR count). The largest absolute Gasteiger partial charge is 0.383 e. The minimum atomic E-state index is -0.518. The molecule has 0 aromatic heterocycles. The van der Waals surface area contributed by atoms with Gasteiger partial charge in [-0.05, 0) is 19.5 Å². The molecule has 5 nitrogen and oxygen atoms in total. The molecule has 0 bridgehead atoms. The minimum absolute atomic E-state index is 0. The van der Waals surface area contributed by atoms with E-state index in [1.165, 1.54) is 0 Å². The quantitative estimate of drug-likeness (QED) is 0.785. The fourth-order valence-corrected chi connectivity index (χ4v) is 2.47. The number of methoxy groups -OCH3 is 1. The first-order valence-electron chi connectivity index (χ1n) is 6.41. The van der Waals surface area contributed by atoms with Gasteiger partial charge in [0.1, 0.15) is 6.04 Å². The van der Waals surface area contributed by atoms with Gasteiger partial charge in [0.15, 0.2) is 0 Å². The molecule has 2 unspecified atom stereocenters. The molecule has 0 spiro atoms. The fourth-order valence-electron chi connectivity index (χ4n) is 2.47. The van der Waals surface area contributed by atoms with Crippen molar-refractivity contribution < 1.29 is 9.53 Å². The molecule has 0 aliphatic carbocycles. The minimum Gasteiger partial charge on any atom is -0.383 e. The van der Waals surface area contributed by atoms with E-state index in [4.69, 9.17) is 10.5 Å². The third-order valence-corrected chi connectivity index (χ3v) is 3.47. The molecule has 1 saturated heterocycles. The van der Waals surface area contributed by atoms with Gasteiger partial charge in [0, 0.05) is 26.2 Å². The Balaban J connectivity index is 0. The summed E-state index contributed by atoms with van der Waals surface area (Å²) < 4.78 is 4.92. The normalized spacial score (nSPS) is 19.8. The molecule has 1 heterocycles. The molecule has 0 aromatic carbocycles. The molecular weight excluding hydrogens is 289 g/mol. The molecule has 1 amide bonds. The topological polar surface area (TPSA) is 58.8 Å². The maximum absolute atomic E-state index is 12.0. The predicted octanol–water partition coefficient (Wildman–Crippen LogP) is 0.746. The molecule has 0 radical (unpaired) electrons. The summed E-state index contributed by atoms with van der Waals surface area (Å²) in [4.78, 5) is 16.2. The Labute approximate surface area is 128 Å². The Morgan fingerprint density at radius 2 is 2.00 bits per heavy atom. The third-order valence-electron chi connectivity index (χ3n) is 3.47. The predicted molar refractivity (Wildman–Crippen MR) is 82.3 cm³/mol. The number of halogens is 2. The Bertz CT molecular complexity index is 253. The van der Waals surface area contributed by atoms with Crippen LogP contribution in [-0.4, -0.2) is 67.7 Å². The van der Waals surface area contributed by atoms with Crippen LogP contribution in [0.25, 0.3) is 0 Å². The van der Waals surface area contributed by atoms with Crippen LogP contribution < -0.4 is 5.73 Å². The molecule has 2 N–H and O–H groups in total. The average Bonchev–Trinajstić information content (AvgIpc) is 2.79. The van der Waals surface area contributed by atoms with Crippen molar-refractivity contribution in [2.75, 3.05) is 39.9 Å². The highest BCUT2D eigenvalue weighted by atomic mass is 35.5. The van der Waals surface area contributed by atoms with Crippen LogP contribution in [0.2, 0.25) is 0 Å². The second-order valence-corrected chi connectivity index (χ2v) is 4.51.